The molecule has 0 saturated carbocycles. The minimum Gasteiger partial charge on any atom is -0.481 e. The Kier molecular flexibility index (Phi) is 3.28. The molecule has 1 aromatic heterocycles. The van der Waals surface area contributed by atoms with Crippen LogP contribution in [0.5, 0.6) is 0 Å². The summed E-state index contributed by atoms with van der Waals surface area (Å²) < 4.78 is 2.87. The summed E-state index contributed by atoms with van der Waals surface area (Å²) in [6.07, 6.45) is 0. The third-order valence-corrected chi connectivity index (χ3v) is 4.29. The van der Waals surface area contributed by atoms with Gasteiger partial charge in [0, 0.05) is 4.47 Å². The summed E-state index contributed by atoms with van der Waals surface area (Å²) in [6, 6.07) is 5.83. The summed E-state index contributed by atoms with van der Waals surface area (Å²) in [5.41, 5.74) is 0.913. The molecule has 0 fully saturated rings. The Hall–Kier alpha value is -0.590. The van der Waals surface area contributed by atoms with Crippen molar-refractivity contribution in [1.82, 2.24) is 4.98 Å². The zero-order valence-corrected chi connectivity index (χ0v) is 10.7. The van der Waals surface area contributed by atoms with E-state index in [1.165, 1.54) is 23.1 Å². The van der Waals surface area contributed by atoms with Crippen molar-refractivity contribution in [2.75, 3.05) is 5.75 Å². The van der Waals surface area contributed by atoms with E-state index < -0.39 is 5.97 Å². The number of fused-ring (bicyclic) bond motifs is 1. The highest BCUT2D eigenvalue weighted by atomic mass is 79.9. The fourth-order valence-corrected chi connectivity index (χ4v) is 3.40. The maximum Gasteiger partial charge on any atom is 0.313 e. The van der Waals surface area contributed by atoms with Gasteiger partial charge in [0.05, 0.1) is 16.0 Å². The molecule has 0 atom stereocenters. The number of thiazole rings is 1. The van der Waals surface area contributed by atoms with Gasteiger partial charge in [-0.1, -0.05) is 27.7 Å². The van der Waals surface area contributed by atoms with E-state index in [1.54, 1.807) is 0 Å². The molecule has 2 rings (SSSR count). The molecule has 6 heteroatoms. The third-order valence-electron chi connectivity index (χ3n) is 1.65. The van der Waals surface area contributed by atoms with Gasteiger partial charge < -0.3 is 5.11 Å². The van der Waals surface area contributed by atoms with Crippen molar-refractivity contribution in [2.45, 2.75) is 4.34 Å². The minimum atomic E-state index is -0.819. The van der Waals surface area contributed by atoms with E-state index in [2.05, 4.69) is 20.9 Å². The SMILES string of the molecule is O=C(O)CSc1nc2ccc(Br)cc2s1. The highest BCUT2D eigenvalue weighted by molar-refractivity contribution is 9.10. The summed E-state index contributed by atoms with van der Waals surface area (Å²) in [6.45, 7) is 0. The Balaban J connectivity index is 2.27. The lowest BCUT2D eigenvalue weighted by Crippen LogP contribution is -1.96. The molecule has 0 aliphatic rings. The summed E-state index contributed by atoms with van der Waals surface area (Å²) in [7, 11) is 0. The number of hydrogen-bond acceptors (Lipinski definition) is 4. The Morgan fingerprint density at radius 3 is 3.13 bits per heavy atom. The second-order valence-electron chi connectivity index (χ2n) is 2.77. The Bertz CT molecular complexity index is 512. The molecule has 2 aromatic rings. The van der Waals surface area contributed by atoms with E-state index in [1.807, 2.05) is 18.2 Å². The average molecular weight is 304 g/mol. The monoisotopic (exact) mass is 303 g/mol. The van der Waals surface area contributed by atoms with Crippen molar-refractivity contribution >= 4 is 55.2 Å². The lowest BCUT2D eigenvalue weighted by molar-refractivity contribution is -0.133. The number of carboxylic acids is 1. The van der Waals surface area contributed by atoms with Crippen molar-refractivity contribution in [2.24, 2.45) is 0 Å². The molecule has 0 radical (unpaired) electrons. The molecule has 0 bridgehead atoms. The molecule has 1 heterocycles. The standard InChI is InChI=1S/C9H6BrNO2S2/c10-5-1-2-6-7(3-5)15-9(11-6)14-4-8(12)13/h1-3H,4H2,(H,12,13). The van der Waals surface area contributed by atoms with Crippen LogP contribution < -0.4 is 0 Å². The minimum absolute atomic E-state index is 0.0565. The van der Waals surface area contributed by atoms with Gasteiger partial charge >= 0.3 is 5.97 Å². The fourth-order valence-electron chi connectivity index (χ4n) is 1.06. The van der Waals surface area contributed by atoms with Crippen LogP contribution in [-0.2, 0) is 4.79 Å². The van der Waals surface area contributed by atoms with Crippen molar-refractivity contribution < 1.29 is 9.90 Å². The molecule has 1 N–H and O–H groups in total. The number of carbonyl (C=O) groups is 1. The summed E-state index contributed by atoms with van der Waals surface area (Å²) in [5.74, 6) is -0.763. The van der Waals surface area contributed by atoms with Crippen LogP contribution in [0.25, 0.3) is 10.2 Å². The molecule has 0 aliphatic carbocycles. The summed E-state index contributed by atoms with van der Waals surface area (Å²) in [4.78, 5) is 14.7. The fraction of sp³-hybridized carbons (Fsp3) is 0.111. The molecular formula is C9H6BrNO2S2. The van der Waals surface area contributed by atoms with Crippen LogP contribution in [0.3, 0.4) is 0 Å². The van der Waals surface area contributed by atoms with E-state index in [0.717, 1.165) is 19.0 Å². The van der Waals surface area contributed by atoms with Crippen molar-refractivity contribution in [3.05, 3.63) is 22.7 Å². The highest BCUT2D eigenvalue weighted by Gasteiger charge is 2.06. The van der Waals surface area contributed by atoms with Gasteiger partial charge in [0.25, 0.3) is 0 Å². The predicted octanol–water partition coefficient (Wildman–Crippen LogP) is 3.24. The topological polar surface area (TPSA) is 50.2 Å². The number of aromatic nitrogens is 1. The average Bonchev–Trinajstić information content (AvgIpc) is 2.56. The van der Waals surface area contributed by atoms with E-state index >= 15 is 0 Å². The Labute approximate surface area is 103 Å². The van der Waals surface area contributed by atoms with E-state index in [-0.39, 0.29) is 5.75 Å². The second kappa shape index (κ2) is 4.51. The molecular weight excluding hydrogens is 298 g/mol. The van der Waals surface area contributed by atoms with Crippen molar-refractivity contribution in [3.8, 4) is 0 Å². The number of benzene rings is 1. The van der Waals surface area contributed by atoms with E-state index in [9.17, 15) is 4.79 Å². The number of hydrogen-bond donors (Lipinski definition) is 1. The molecule has 0 unspecified atom stereocenters. The van der Waals surface area contributed by atoms with Crippen LogP contribution in [0.4, 0.5) is 0 Å². The molecule has 15 heavy (non-hydrogen) atoms. The molecule has 1 aromatic carbocycles. The Morgan fingerprint density at radius 1 is 1.60 bits per heavy atom. The van der Waals surface area contributed by atoms with Crippen LogP contribution in [-0.4, -0.2) is 21.8 Å². The van der Waals surface area contributed by atoms with Gasteiger partial charge in [-0.15, -0.1) is 11.3 Å². The number of nitrogens with zero attached hydrogens (tertiary/aromatic N) is 1. The zero-order valence-electron chi connectivity index (χ0n) is 7.44. The Morgan fingerprint density at radius 2 is 2.40 bits per heavy atom. The van der Waals surface area contributed by atoms with Crippen LogP contribution in [0.1, 0.15) is 0 Å². The van der Waals surface area contributed by atoms with Crippen LogP contribution in [0.2, 0.25) is 0 Å². The lowest BCUT2D eigenvalue weighted by atomic mass is 10.3. The number of aliphatic carboxylic acids is 1. The number of halogens is 1. The molecule has 0 saturated heterocycles. The van der Waals surface area contributed by atoms with Gasteiger partial charge in [0.2, 0.25) is 0 Å². The van der Waals surface area contributed by atoms with Gasteiger partial charge in [-0.05, 0) is 18.2 Å². The van der Waals surface area contributed by atoms with Gasteiger partial charge in [-0.2, -0.15) is 0 Å². The number of thioether (sulfide) groups is 1. The van der Waals surface area contributed by atoms with Gasteiger partial charge in [-0.25, -0.2) is 4.98 Å². The molecule has 0 aliphatic heterocycles. The largest absolute Gasteiger partial charge is 0.481 e. The maximum absolute atomic E-state index is 10.4. The van der Waals surface area contributed by atoms with Crippen LogP contribution >= 0.6 is 39.0 Å². The molecule has 0 amide bonds. The first kappa shape index (κ1) is 10.9. The summed E-state index contributed by atoms with van der Waals surface area (Å²) >= 11 is 6.15. The number of carboxylic acid groups (broad SMARTS) is 1. The van der Waals surface area contributed by atoms with Crippen molar-refractivity contribution in [1.29, 1.82) is 0 Å². The first-order valence-electron chi connectivity index (χ1n) is 4.06. The van der Waals surface area contributed by atoms with Gasteiger partial charge in [0.1, 0.15) is 0 Å². The van der Waals surface area contributed by atoms with E-state index in [4.69, 9.17) is 5.11 Å². The molecule has 0 spiro atoms. The molecule has 3 nitrogen and oxygen atoms in total. The number of rotatable bonds is 3. The summed E-state index contributed by atoms with van der Waals surface area (Å²) in [5, 5.41) is 8.54. The smallest absolute Gasteiger partial charge is 0.313 e. The molecule has 78 valence electrons. The van der Waals surface area contributed by atoms with E-state index in [0.29, 0.717) is 0 Å². The quantitative estimate of drug-likeness (QED) is 0.885. The van der Waals surface area contributed by atoms with Gasteiger partial charge in [-0.3, -0.25) is 4.79 Å². The van der Waals surface area contributed by atoms with Crippen molar-refractivity contribution in [3.63, 3.8) is 0 Å². The lowest BCUT2D eigenvalue weighted by Gasteiger charge is -1.88. The predicted molar refractivity (Wildman–Crippen MR) is 65.7 cm³/mol. The second-order valence-corrected chi connectivity index (χ2v) is 5.94. The highest BCUT2D eigenvalue weighted by Crippen LogP contribution is 2.30. The zero-order chi connectivity index (χ0) is 10.8. The first-order valence-corrected chi connectivity index (χ1v) is 6.65. The van der Waals surface area contributed by atoms with Gasteiger partial charge in [0.15, 0.2) is 4.34 Å². The normalized spacial score (nSPS) is 10.7. The third kappa shape index (κ3) is 2.70. The van der Waals surface area contributed by atoms with Crippen LogP contribution in [0.15, 0.2) is 27.0 Å². The first-order chi connectivity index (χ1) is 7.15. The van der Waals surface area contributed by atoms with Crippen LogP contribution in [0, 0.1) is 0 Å². The maximum atomic E-state index is 10.4.